The number of benzene rings is 1. The van der Waals surface area contributed by atoms with Gasteiger partial charge in [0.15, 0.2) is 17.5 Å². The average molecular weight is 500 g/mol. The molecule has 0 saturated carbocycles. The van der Waals surface area contributed by atoms with Crippen molar-refractivity contribution in [2.45, 2.75) is 33.0 Å². The van der Waals surface area contributed by atoms with Crippen LogP contribution < -0.4 is 24.8 Å². The Bertz CT molecular complexity index is 632. The van der Waals surface area contributed by atoms with E-state index >= 15 is 0 Å². The fraction of sp³-hybridized carbons (Fsp3) is 0.588. The fourth-order valence-corrected chi connectivity index (χ4v) is 2.32. The Hall–Kier alpha value is -1.56. The first-order valence-electron chi connectivity index (χ1n) is 8.42. The van der Waals surface area contributed by atoms with Crippen molar-refractivity contribution in [3.8, 4) is 17.2 Å². The van der Waals surface area contributed by atoms with Gasteiger partial charge in [0.2, 0.25) is 6.79 Å². The van der Waals surface area contributed by atoms with Crippen LogP contribution in [0.5, 0.6) is 17.2 Å². The van der Waals surface area contributed by atoms with E-state index in [0.717, 1.165) is 6.54 Å². The zero-order chi connectivity index (χ0) is 19.1. The van der Waals surface area contributed by atoms with Crippen molar-refractivity contribution in [1.82, 2.24) is 15.5 Å². The molecule has 0 radical (unpaired) electrons. The summed E-state index contributed by atoms with van der Waals surface area (Å²) < 4.78 is 40.4. The molecule has 1 heterocycles. The Morgan fingerprint density at radius 2 is 1.93 bits per heavy atom. The zero-order valence-corrected chi connectivity index (χ0v) is 18.3. The maximum absolute atomic E-state index is 12.7. The van der Waals surface area contributed by atoms with Crippen LogP contribution in [0.1, 0.15) is 19.4 Å². The number of fused-ring (bicyclic) bond motifs is 1. The topological polar surface area (TPSA) is 67.4 Å². The second-order valence-corrected chi connectivity index (χ2v) is 6.12. The number of halogens is 3. The van der Waals surface area contributed by atoms with Crippen LogP contribution in [0.4, 0.5) is 8.78 Å². The number of rotatable bonds is 8. The molecule has 0 unspecified atom stereocenters. The molecule has 0 fully saturated rings. The second-order valence-electron chi connectivity index (χ2n) is 6.12. The normalized spacial score (nSPS) is 13.1. The summed E-state index contributed by atoms with van der Waals surface area (Å²) in [6.45, 7) is 3.19. The van der Waals surface area contributed by atoms with Gasteiger partial charge in [-0.15, -0.1) is 24.0 Å². The average Bonchev–Trinajstić information content (AvgIpc) is 3.04. The molecular formula is C17H27F2IN4O3. The van der Waals surface area contributed by atoms with Crippen LogP contribution in [0.25, 0.3) is 0 Å². The highest BCUT2D eigenvalue weighted by molar-refractivity contribution is 14.0. The monoisotopic (exact) mass is 500 g/mol. The Labute approximate surface area is 175 Å². The lowest BCUT2D eigenvalue weighted by Crippen LogP contribution is -2.41. The Kier molecular flexibility index (Phi) is 9.84. The summed E-state index contributed by atoms with van der Waals surface area (Å²) in [6.07, 6.45) is 0. The first-order chi connectivity index (χ1) is 12.4. The molecule has 1 aliphatic rings. The van der Waals surface area contributed by atoms with Crippen molar-refractivity contribution >= 4 is 29.9 Å². The number of nitrogens with one attached hydrogen (secondary N) is 2. The zero-order valence-electron chi connectivity index (χ0n) is 15.9. The van der Waals surface area contributed by atoms with E-state index in [4.69, 9.17) is 9.47 Å². The summed E-state index contributed by atoms with van der Waals surface area (Å²) >= 11 is 0. The number of hydrogen-bond donors (Lipinski definition) is 2. The molecule has 2 rings (SSSR count). The molecule has 1 aromatic carbocycles. The third-order valence-corrected chi connectivity index (χ3v) is 4.08. The molecule has 0 saturated heterocycles. The van der Waals surface area contributed by atoms with Gasteiger partial charge in [-0.2, -0.15) is 8.78 Å². The molecule has 0 aromatic heterocycles. The van der Waals surface area contributed by atoms with E-state index in [0.29, 0.717) is 35.6 Å². The molecule has 0 amide bonds. The van der Waals surface area contributed by atoms with Crippen LogP contribution in [0.15, 0.2) is 17.1 Å². The standard InChI is InChI=1S/C17H26F2N4O3.HI/c1-11(2)23(4)6-5-21-17(20-3)22-9-12-7-14-15(25-10-24-14)8-13(12)26-16(18)19;/h7-8,11,16H,5-6,9-10H2,1-4H3,(H2,20,21,22);1H. The molecule has 0 atom stereocenters. The SMILES string of the molecule is CN=C(NCCN(C)C(C)C)NCc1cc2c(cc1OC(F)F)OCO2.I. The van der Waals surface area contributed by atoms with Gasteiger partial charge in [0.1, 0.15) is 5.75 Å². The first-order valence-corrected chi connectivity index (χ1v) is 8.42. The number of ether oxygens (including phenoxy) is 3. The highest BCUT2D eigenvalue weighted by Crippen LogP contribution is 2.38. The van der Waals surface area contributed by atoms with Gasteiger partial charge in [0, 0.05) is 44.4 Å². The van der Waals surface area contributed by atoms with E-state index in [2.05, 4.69) is 39.1 Å². The Morgan fingerprint density at radius 3 is 2.52 bits per heavy atom. The van der Waals surface area contributed by atoms with Crippen molar-refractivity contribution in [3.05, 3.63) is 17.7 Å². The van der Waals surface area contributed by atoms with Gasteiger partial charge in [-0.3, -0.25) is 4.99 Å². The van der Waals surface area contributed by atoms with E-state index in [9.17, 15) is 8.78 Å². The second kappa shape index (κ2) is 11.3. The minimum Gasteiger partial charge on any atom is -0.454 e. The van der Waals surface area contributed by atoms with E-state index < -0.39 is 6.61 Å². The van der Waals surface area contributed by atoms with E-state index in [1.54, 1.807) is 13.1 Å². The summed E-state index contributed by atoms with van der Waals surface area (Å²) in [6, 6.07) is 3.50. The predicted molar refractivity (Wildman–Crippen MR) is 111 cm³/mol. The van der Waals surface area contributed by atoms with Crippen molar-refractivity contribution in [1.29, 1.82) is 0 Å². The molecular weight excluding hydrogens is 473 g/mol. The van der Waals surface area contributed by atoms with E-state index in [1.165, 1.54) is 6.07 Å². The maximum Gasteiger partial charge on any atom is 0.387 e. The van der Waals surface area contributed by atoms with Crippen molar-refractivity contribution in [3.63, 3.8) is 0 Å². The largest absolute Gasteiger partial charge is 0.454 e. The number of aliphatic imine (C=N–C) groups is 1. The third-order valence-electron chi connectivity index (χ3n) is 4.08. The lowest BCUT2D eigenvalue weighted by Gasteiger charge is -2.22. The smallest absolute Gasteiger partial charge is 0.387 e. The Morgan fingerprint density at radius 1 is 1.26 bits per heavy atom. The summed E-state index contributed by atoms with van der Waals surface area (Å²) in [5.41, 5.74) is 0.525. The van der Waals surface area contributed by atoms with Crippen LogP contribution in [0.2, 0.25) is 0 Å². The van der Waals surface area contributed by atoms with Gasteiger partial charge in [-0.1, -0.05) is 0 Å². The summed E-state index contributed by atoms with van der Waals surface area (Å²) in [4.78, 5) is 6.34. The fourth-order valence-electron chi connectivity index (χ4n) is 2.32. The minimum atomic E-state index is -2.92. The Balaban J connectivity index is 0.00000364. The summed E-state index contributed by atoms with van der Waals surface area (Å²) in [7, 11) is 3.70. The quantitative estimate of drug-likeness (QED) is 0.325. The van der Waals surface area contributed by atoms with Crippen LogP contribution in [-0.2, 0) is 6.54 Å². The number of nitrogens with zero attached hydrogens (tertiary/aromatic N) is 2. The van der Waals surface area contributed by atoms with E-state index in [-0.39, 0.29) is 43.1 Å². The molecule has 154 valence electrons. The molecule has 2 N–H and O–H groups in total. The van der Waals surface area contributed by atoms with Crippen LogP contribution >= 0.6 is 24.0 Å². The number of hydrogen-bond acceptors (Lipinski definition) is 5. The molecule has 1 aliphatic heterocycles. The summed E-state index contributed by atoms with van der Waals surface area (Å²) in [5.74, 6) is 1.52. The molecule has 10 heteroatoms. The van der Waals surface area contributed by atoms with Crippen molar-refractivity contribution in [2.75, 3.05) is 34.0 Å². The van der Waals surface area contributed by atoms with Gasteiger partial charge >= 0.3 is 6.61 Å². The number of likely N-dealkylation sites (N-methyl/N-ethyl adjacent to an activating group) is 1. The molecule has 0 spiro atoms. The lowest BCUT2D eigenvalue weighted by atomic mass is 10.1. The minimum absolute atomic E-state index is 0. The number of alkyl halides is 2. The third kappa shape index (κ3) is 7.17. The maximum atomic E-state index is 12.7. The van der Waals surface area contributed by atoms with Crippen molar-refractivity contribution < 1.29 is 23.0 Å². The molecule has 0 aliphatic carbocycles. The molecule has 0 bridgehead atoms. The molecule has 1 aromatic rings. The highest BCUT2D eigenvalue weighted by Gasteiger charge is 2.20. The van der Waals surface area contributed by atoms with Gasteiger partial charge in [0.25, 0.3) is 0 Å². The molecule has 27 heavy (non-hydrogen) atoms. The predicted octanol–water partition coefficient (Wildman–Crippen LogP) is 2.64. The van der Waals surface area contributed by atoms with Crippen LogP contribution in [0.3, 0.4) is 0 Å². The van der Waals surface area contributed by atoms with Crippen molar-refractivity contribution in [2.24, 2.45) is 4.99 Å². The van der Waals surface area contributed by atoms with Gasteiger partial charge in [-0.05, 0) is 27.0 Å². The highest BCUT2D eigenvalue weighted by atomic mass is 127. The van der Waals surface area contributed by atoms with Gasteiger partial charge in [0.05, 0.1) is 0 Å². The van der Waals surface area contributed by atoms with Crippen LogP contribution in [-0.4, -0.2) is 57.5 Å². The van der Waals surface area contributed by atoms with Gasteiger partial charge in [-0.25, -0.2) is 0 Å². The van der Waals surface area contributed by atoms with E-state index in [1.807, 2.05) is 7.05 Å². The lowest BCUT2D eigenvalue weighted by molar-refractivity contribution is -0.0505. The summed E-state index contributed by atoms with van der Waals surface area (Å²) in [5, 5.41) is 6.28. The van der Waals surface area contributed by atoms with Crippen LogP contribution in [0, 0.1) is 0 Å². The molecule has 7 nitrogen and oxygen atoms in total. The first kappa shape index (κ1) is 23.5. The number of guanidine groups is 1. The van der Waals surface area contributed by atoms with Gasteiger partial charge < -0.3 is 29.7 Å².